The smallest absolute Gasteiger partial charge is 0.251 e. The van der Waals surface area contributed by atoms with E-state index in [2.05, 4.69) is 15.4 Å². The van der Waals surface area contributed by atoms with Crippen molar-refractivity contribution in [2.24, 2.45) is 7.05 Å². The fourth-order valence-corrected chi connectivity index (χ4v) is 1.86. The van der Waals surface area contributed by atoms with Crippen molar-refractivity contribution in [2.75, 3.05) is 0 Å². The Hall–Kier alpha value is -1.88. The molecule has 5 nitrogen and oxygen atoms in total. The van der Waals surface area contributed by atoms with Crippen molar-refractivity contribution in [2.45, 2.75) is 13.5 Å². The molecule has 0 radical (unpaired) electrons. The largest absolute Gasteiger partial charge is 0.348 e. The number of aryl methyl sites for hydroxylation is 2. The SMILES string of the molecule is Cc1cc(C(=O)NCc2cnn(C)c2)cc(Cl)n1. The summed E-state index contributed by atoms with van der Waals surface area (Å²) in [6.45, 7) is 2.23. The number of hydrogen-bond donors (Lipinski definition) is 1. The second kappa shape index (κ2) is 5.18. The molecule has 0 fully saturated rings. The van der Waals surface area contributed by atoms with Gasteiger partial charge in [-0.3, -0.25) is 9.48 Å². The number of aromatic nitrogens is 3. The summed E-state index contributed by atoms with van der Waals surface area (Å²) in [7, 11) is 1.83. The van der Waals surface area contributed by atoms with Crippen LogP contribution in [0.4, 0.5) is 0 Å². The number of halogens is 1. The summed E-state index contributed by atoms with van der Waals surface area (Å²) < 4.78 is 1.69. The molecule has 1 N–H and O–H groups in total. The first kappa shape index (κ1) is 12.6. The first-order chi connectivity index (χ1) is 8.54. The van der Waals surface area contributed by atoms with Crippen LogP contribution < -0.4 is 5.32 Å². The maximum Gasteiger partial charge on any atom is 0.251 e. The number of carbonyl (C=O) groups excluding carboxylic acids is 1. The highest BCUT2D eigenvalue weighted by atomic mass is 35.5. The Bertz CT molecular complexity index is 559. The van der Waals surface area contributed by atoms with Crippen LogP contribution in [-0.4, -0.2) is 20.7 Å². The van der Waals surface area contributed by atoms with Gasteiger partial charge in [0.2, 0.25) is 0 Å². The molecule has 0 aromatic carbocycles. The molecule has 0 aliphatic carbocycles. The molecule has 2 heterocycles. The first-order valence-corrected chi connectivity index (χ1v) is 5.82. The summed E-state index contributed by atoms with van der Waals surface area (Å²) in [6, 6.07) is 3.25. The van der Waals surface area contributed by atoms with Crippen molar-refractivity contribution in [1.29, 1.82) is 0 Å². The van der Waals surface area contributed by atoms with E-state index in [4.69, 9.17) is 11.6 Å². The van der Waals surface area contributed by atoms with Crippen LogP contribution in [0.2, 0.25) is 5.15 Å². The number of amides is 1. The molecular formula is C12H13ClN4O. The van der Waals surface area contributed by atoms with Crippen molar-refractivity contribution in [1.82, 2.24) is 20.1 Å². The molecular weight excluding hydrogens is 252 g/mol. The van der Waals surface area contributed by atoms with Crippen LogP contribution in [0.5, 0.6) is 0 Å². The molecule has 0 atom stereocenters. The van der Waals surface area contributed by atoms with E-state index in [1.165, 1.54) is 0 Å². The third-order valence-electron chi connectivity index (χ3n) is 2.40. The lowest BCUT2D eigenvalue weighted by Gasteiger charge is -2.04. The van der Waals surface area contributed by atoms with Crippen molar-refractivity contribution in [3.05, 3.63) is 46.5 Å². The predicted octanol–water partition coefficient (Wildman–Crippen LogP) is 1.71. The molecule has 6 heteroatoms. The molecule has 2 aromatic heterocycles. The van der Waals surface area contributed by atoms with Crippen LogP contribution in [0.15, 0.2) is 24.5 Å². The molecule has 0 unspecified atom stereocenters. The third-order valence-corrected chi connectivity index (χ3v) is 2.59. The van der Waals surface area contributed by atoms with Crippen LogP contribution in [0.3, 0.4) is 0 Å². The van der Waals surface area contributed by atoms with Gasteiger partial charge >= 0.3 is 0 Å². The zero-order valence-electron chi connectivity index (χ0n) is 10.1. The average Bonchev–Trinajstić information content (AvgIpc) is 2.70. The highest BCUT2D eigenvalue weighted by molar-refractivity contribution is 6.29. The standard InChI is InChI=1S/C12H13ClN4O/c1-8-3-10(4-11(13)16-8)12(18)14-5-9-6-15-17(2)7-9/h3-4,6-7H,5H2,1-2H3,(H,14,18). The van der Waals surface area contributed by atoms with E-state index in [9.17, 15) is 4.79 Å². The maximum absolute atomic E-state index is 11.9. The zero-order chi connectivity index (χ0) is 13.1. The van der Waals surface area contributed by atoms with Gasteiger partial charge in [0.15, 0.2) is 0 Å². The molecule has 18 heavy (non-hydrogen) atoms. The van der Waals surface area contributed by atoms with E-state index >= 15 is 0 Å². The van der Waals surface area contributed by atoms with Gasteiger partial charge in [-0.1, -0.05) is 11.6 Å². The summed E-state index contributed by atoms with van der Waals surface area (Å²) in [5, 5.41) is 7.15. The Kier molecular flexibility index (Phi) is 3.62. The van der Waals surface area contributed by atoms with Gasteiger partial charge in [-0.25, -0.2) is 4.98 Å². The van der Waals surface area contributed by atoms with Gasteiger partial charge in [-0.15, -0.1) is 0 Å². The highest BCUT2D eigenvalue weighted by Crippen LogP contribution is 2.10. The van der Waals surface area contributed by atoms with E-state index in [1.807, 2.05) is 13.2 Å². The summed E-state index contributed by atoms with van der Waals surface area (Å²) in [4.78, 5) is 15.9. The second-order valence-corrected chi connectivity index (χ2v) is 4.41. The second-order valence-electron chi connectivity index (χ2n) is 4.02. The van der Waals surface area contributed by atoms with Crippen LogP contribution in [-0.2, 0) is 13.6 Å². The van der Waals surface area contributed by atoms with E-state index in [0.29, 0.717) is 23.0 Å². The zero-order valence-corrected chi connectivity index (χ0v) is 10.9. The predicted molar refractivity (Wildman–Crippen MR) is 68.4 cm³/mol. The quantitative estimate of drug-likeness (QED) is 0.859. The van der Waals surface area contributed by atoms with Crippen molar-refractivity contribution in [3.8, 4) is 0 Å². The lowest BCUT2D eigenvalue weighted by Crippen LogP contribution is -2.22. The maximum atomic E-state index is 11.9. The minimum atomic E-state index is -0.175. The van der Waals surface area contributed by atoms with E-state index in [0.717, 1.165) is 5.56 Å². The van der Waals surface area contributed by atoms with Crippen molar-refractivity contribution >= 4 is 17.5 Å². The molecule has 2 rings (SSSR count). The van der Waals surface area contributed by atoms with Gasteiger partial charge in [0.05, 0.1) is 6.20 Å². The molecule has 0 aliphatic heterocycles. The summed E-state index contributed by atoms with van der Waals surface area (Å²) in [6.07, 6.45) is 3.57. The van der Waals surface area contributed by atoms with Gasteiger partial charge in [-0.05, 0) is 19.1 Å². The Balaban J connectivity index is 2.03. The molecule has 0 bridgehead atoms. The van der Waals surface area contributed by atoms with E-state index in [1.54, 1.807) is 29.9 Å². The number of pyridine rings is 1. The van der Waals surface area contributed by atoms with Gasteiger partial charge < -0.3 is 5.32 Å². The van der Waals surface area contributed by atoms with Crippen molar-refractivity contribution < 1.29 is 4.79 Å². The van der Waals surface area contributed by atoms with Crippen LogP contribution in [0.1, 0.15) is 21.6 Å². The molecule has 0 spiro atoms. The third kappa shape index (κ3) is 3.07. The number of rotatable bonds is 3. The fourth-order valence-electron chi connectivity index (χ4n) is 1.61. The molecule has 94 valence electrons. The Morgan fingerprint density at radius 2 is 2.28 bits per heavy atom. The Morgan fingerprint density at radius 3 is 2.89 bits per heavy atom. The monoisotopic (exact) mass is 264 g/mol. The van der Waals surface area contributed by atoms with Crippen LogP contribution in [0.25, 0.3) is 0 Å². The average molecular weight is 265 g/mol. The number of hydrogen-bond acceptors (Lipinski definition) is 3. The first-order valence-electron chi connectivity index (χ1n) is 5.44. The Labute approximate surface area is 110 Å². The van der Waals surface area contributed by atoms with Crippen LogP contribution in [0, 0.1) is 6.92 Å². The summed E-state index contributed by atoms with van der Waals surface area (Å²) in [5.41, 5.74) is 2.17. The molecule has 1 amide bonds. The highest BCUT2D eigenvalue weighted by Gasteiger charge is 2.08. The number of nitrogens with zero attached hydrogens (tertiary/aromatic N) is 3. The molecule has 0 saturated carbocycles. The minimum absolute atomic E-state index is 0.175. The molecule has 0 aliphatic rings. The molecule has 0 saturated heterocycles. The fraction of sp³-hybridized carbons (Fsp3) is 0.250. The summed E-state index contributed by atoms with van der Waals surface area (Å²) in [5.74, 6) is -0.175. The van der Waals surface area contributed by atoms with Gasteiger partial charge in [0, 0.05) is 36.6 Å². The van der Waals surface area contributed by atoms with Crippen molar-refractivity contribution in [3.63, 3.8) is 0 Å². The van der Waals surface area contributed by atoms with Gasteiger partial charge in [0.25, 0.3) is 5.91 Å². The van der Waals surface area contributed by atoms with E-state index in [-0.39, 0.29) is 5.91 Å². The van der Waals surface area contributed by atoms with E-state index < -0.39 is 0 Å². The topological polar surface area (TPSA) is 59.8 Å². The number of carbonyl (C=O) groups is 1. The van der Waals surface area contributed by atoms with Gasteiger partial charge in [0.1, 0.15) is 5.15 Å². The lowest BCUT2D eigenvalue weighted by molar-refractivity contribution is 0.0950. The normalized spacial score (nSPS) is 10.4. The summed E-state index contributed by atoms with van der Waals surface area (Å²) >= 11 is 5.81. The minimum Gasteiger partial charge on any atom is -0.348 e. The Morgan fingerprint density at radius 1 is 1.50 bits per heavy atom. The number of nitrogens with one attached hydrogen (secondary N) is 1. The molecule has 2 aromatic rings. The van der Waals surface area contributed by atoms with Gasteiger partial charge in [-0.2, -0.15) is 5.10 Å². The lowest BCUT2D eigenvalue weighted by atomic mass is 10.2. The van der Waals surface area contributed by atoms with Crippen LogP contribution >= 0.6 is 11.6 Å².